The van der Waals surface area contributed by atoms with Crippen LogP contribution in [0.1, 0.15) is 22.8 Å². The maximum Gasteiger partial charge on any atom is 0.343 e. The topological polar surface area (TPSA) is 47.8 Å². The third-order valence-corrected chi connectivity index (χ3v) is 2.62. The van der Waals surface area contributed by atoms with Gasteiger partial charge in [-0.15, -0.1) is 0 Å². The molecule has 0 saturated carbocycles. The number of fused-ring (bicyclic) bond motifs is 1. The highest BCUT2D eigenvalue weighted by molar-refractivity contribution is 5.89. The fourth-order valence-corrected chi connectivity index (χ4v) is 1.81. The van der Waals surface area contributed by atoms with Crippen LogP contribution in [0.3, 0.4) is 0 Å². The Kier molecular flexibility index (Phi) is 3.14. The van der Waals surface area contributed by atoms with Gasteiger partial charge in [0.2, 0.25) is 0 Å². The summed E-state index contributed by atoms with van der Waals surface area (Å²) in [6.45, 7) is 3.53. The Morgan fingerprint density at radius 1 is 1.44 bits per heavy atom. The van der Waals surface area contributed by atoms with Crippen molar-refractivity contribution in [2.75, 3.05) is 6.61 Å². The molecular formula is C13H12FNO3. The SMILES string of the molecule is CCOC(=O)c1ccc2c(C)cc(F)cn2c1=O. The molecule has 0 unspecified atom stereocenters. The molecule has 0 saturated heterocycles. The summed E-state index contributed by atoms with van der Waals surface area (Å²) in [4.78, 5) is 23.6. The van der Waals surface area contributed by atoms with Crippen LogP contribution in [-0.4, -0.2) is 17.0 Å². The summed E-state index contributed by atoms with van der Waals surface area (Å²) in [6, 6.07) is 4.34. The van der Waals surface area contributed by atoms with E-state index in [0.29, 0.717) is 11.1 Å². The van der Waals surface area contributed by atoms with Gasteiger partial charge in [-0.2, -0.15) is 0 Å². The normalized spacial score (nSPS) is 10.6. The maximum atomic E-state index is 13.3. The van der Waals surface area contributed by atoms with Crippen LogP contribution in [0.4, 0.5) is 4.39 Å². The molecule has 0 N–H and O–H groups in total. The Hall–Kier alpha value is -2.17. The summed E-state index contributed by atoms with van der Waals surface area (Å²) in [5.74, 6) is -1.22. The molecule has 0 aliphatic carbocycles. The van der Waals surface area contributed by atoms with Gasteiger partial charge in [0.05, 0.1) is 12.1 Å². The first-order chi connectivity index (χ1) is 8.54. The number of hydrogen-bond acceptors (Lipinski definition) is 3. The minimum Gasteiger partial charge on any atom is -0.462 e. The van der Waals surface area contributed by atoms with Gasteiger partial charge in [-0.3, -0.25) is 9.20 Å². The molecule has 2 rings (SSSR count). The van der Waals surface area contributed by atoms with Crippen LogP contribution in [0.5, 0.6) is 0 Å². The number of rotatable bonds is 2. The summed E-state index contributed by atoms with van der Waals surface area (Å²) >= 11 is 0. The quantitative estimate of drug-likeness (QED) is 0.764. The highest BCUT2D eigenvalue weighted by atomic mass is 19.1. The second-order valence-electron chi connectivity index (χ2n) is 3.87. The third kappa shape index (κ3) is 1.99. The molecule has 0 aromatic carbocycles. The van der Waals surface area contributed by atoms with E-state index in [2.05, 4.69) is 0 Å². The number of carbonyl (C=O) groups is 1. The zero-order valence-corrected chi connectivity index (χ0v) is 10.1. The van der Waals surface area contributed by atoms with Gasteiger partial charge in [-0.25, -0.2) is 9.18 Å². The minimum atomic E-state index is -0.696. The van der Waals surface area contributed by atoms with Crippen molar-refractivity contribution in [1.82, 2.24) is 4.40 Å². The van der Waals surface area contributed by atoms with Crippen molar-refractivity contribution in [2.45, 2.75) is 13.8 Å². The van der Waals surface area contributed by atoms with E-state index in [0.717, 1.165) is 10.6 Å². The molecule has 0 spiro atoms. The Labute approximate surface area is 103 Å². The van der Waals surface area contributed by atoms with Crippen molar-refractivity contribution in [3.8, 4) is 0 Å². The van der Waals surface area contributed by atoms with Gasteiger partial charge < -0.3 is 4.74 Å². The molecule has 0 fully saturated rings. The summed E-state index contributed by atoms with van der Waals surface area (Å²) in [5.41, 5.74) is 0.518. The first kappa shape index (κ1) is 12.3. The molecule has 5 heteroatoms. The molecule has 0 radical (unpaired) electrons. The van der Waals surface area contributed by atoms with Crippen LogP contribution in [0.2, 0.25) is 0 Å². The molecule has 18 heavy (non-hydrogen) atoms. The van der Waals surface area contributed by atoms with Crippen LogP contribution >= 0.6 is 0 Å². The zero-order valence-electron chi connectivity index (χ0n) is 10.1. The van der Waals surface area contributed by atoms with Crippen LogP contribution in [0, 0.1) is 12.7 Å². The summed E-state index contributed by atoms with van der Waals surface area (Å²) in [6.07, 6.45) is 1.06. The molecule has 0 bridgehead atoms. The van der Waals surface area contributed by atoms with Crippen molar-refractivity contribution in [3.63, 3.8) is 0 Å². The second-order valence-corrected chi connectivity index (χ2v) is 3.87. The molecule has 0 aliphatic rings. The van der Waals surface area contributed by atoms with E-state index < -0.39 is 17.3 Å². The number of esters is 1. The Balaban J connectivity index is 2.71. The number of aromatic nitrogens is 1. The van der Waals surface area contributed by atoms with Crippen molar-refractivity contribution >= 4 is 11.5 Å². The number of hydrogen-bond donors (Lipinski definition) is 0. The van der Waals surface area contributed by atoms with E-state index in [-0.39, 0.29) is 12.2 Å². The van der Waals surface area contributed by atoms with Crippen molar-refractivity contribution < 1.29 is 13.9 Å². The lowest BCUT2D eigenvalue weighted by Gasteiger charge is -2.07. The number of ether oxygens (including phenoxy) is 1. The van der Waals surface area contributed by atoms with E-state index in [1.807, 2.05) is 0 Å². The lowest BCUT2D eigenvalue weighted by atomic mass is 10.2. The van der Waals surface area contributed by atoms with E-state index in [4.69, 9.17) is 4.74 Å². The Morgan fingerprint density at radius 2 is 2.17 bits per heavy atom. The summed E-state index contributed by atoms with van der Waals surface area (Å²) in [7, 11) is 0. The molecule has 0 atom stereocenters. The molecule has 2 aromatic heterocycles. The highest BCUT2D eigenvalue weighted by Gasteiger charge is 2.14. The number of aryl methyl sites for hydroxylation is 1. The molecule has 2 aromatic rings. The van der Waals surface area contributed by atoms with Gasteiger partial charge in [0.1, 0.15) is 11.4 Å². The fraction of sp³-hybridized carbons (Fsp3) is 0.231. The van der Waals surface area contributed by atoms with E-state index in [9.17, 15) is 14.0 Å². The molecule has 4 nitrogen and oxygen atoms in total. The van der Waals surface area contributed by atoms with Crippen molar-refractivity contribution in [2.24, 2.45) is 0 Å². The lowest BCUT2D eigenvalue weighted by Crippen LogP contribution is -2.23. The van der Waals surface area contributed by atoms with Gasteiger partial charge >= 0.3 is 5.97 Å². The lowest BCUT2D eigenvalue weighted by molar-refractivity contribution is 0.0524. The van der Waals surface area contributed by atoms with Gasteiger partial charge in [-0.05, 0) is 37.6 Å². The number of halogens is 1. The van der Waals surface area contributed by atoms with E-state index in [1.54, 1.807) is 19.9 Å². The number of pyridine rings is 2. The van der Waals surface area contributed by atoms with Gasteiger partial charge in [0.15, 0.2) is 0 Å². The average molecular weight is 249 g/mol. The van der Waals surface area contributed by atoms with Crippen LogP contribution in [0.25, 0.3) is 5.52 Å². The number of nitrogens with zero attached hydrogens (tertiary/aromatic N) is 1. The maximum absolute atomic E-state index is 13.3. The van der Waals surface area contributed by atoms with E-state index in [1.165, 1.54) is 12.1 Å². The minimum absolute atomic E-state index is 0.0978. The monoisotopic (exact) mass is 249 g/mol. The summed E-state index contributed by atoms with van der Waals surface area (Å²) in [5, 5.41) is 0. The van der Waals surface area contributed by atoms with Crippen LogP contribution in [-0.2, 0) is 4.74 Å². The first-order valence-corrected chi connectivity index (χ1v) is 5.53. The van der Waals surface area contributed by atoms with Crippen molar-refractivity contribution in [1.29, 1.82) is 0 Å². The van der Waals surface area contributed by atoms with Crippen LogP contribution < -0.4 is 5.56 Å². The molecule has 0 amide bonds. The van der Waals surface area contributed by atoms with Gasteiger partial charge in [0.25, 0.3) is 5.56 Å². The molecule has 94 valence electrons. The average Bonchev–Trinajstić information content (AvgIpc) is 2.30. The molecular weight excluding hydrogens is 237 g/mol. The van der Waals surface area contributed by atoms with Gasteiger partial charge in [0, 0.05) is 6.20 Å². The summed E-state index contributed by atoms with van der Waals surface area (Å²) < 4.78 is 19.2. The predicted molar refractivity (Wildman–Crippen MR) is 64.3 cm³/mol. The third-order valence-electron chi connectivity index (χ3n) is 2.62. The Morgan fingerprint density at radius 3 is 2.83 bits per heavy atom. The molecule has 0 aliphatic heterocycles. The fourth-order valence-electron chi connectivity index (χ4n) is 1.81. The zero-order chi connectivity index (χ0) is 13.3. The standard InChI is InChI=1S/C13H12FNO3/c1-3-18-13(17)10-4-5-11-8(2)6-9(14)7-15(11)12(10)16/h4-7H,3H2,1-2H3. The first-order valence-electron chi connectivity index (χ1n) is 5.53. The largest absolute Gasteiger partial charge is 0.462 e. The van der Waals surface area contributed by atoms with Crippen LogP contribution in [0.15, 0.2) is 29.2 Å². The number of carbonyl (C=O) groups excluding carboxylic acids is 1. The van der Waals surface area contributed by atoms with Gasteiger partial charge in [-0.1, -0.05) is 0 Å². The Bertz CT molecular complexity index is 676. The second kappa shape index (κ2) is 4.60. The smallest absolute Gasteiger partial charge is 0.343 e. The van der Waals surface area contributed by atoms with Crippen molar-refractivity contribution in [3.05, 3.63) is 51.7 Å². The van der Waals surface area contributed by atoms with E-state index >= 15 is 0 Å². The predicted octanol–water partition coefficient (Wildman–Crippen LogP) is 1.92. The highest BCUT2D eigenvalue weighted by Crippen LogP contribution is 2.11. The molecule has 2 heterocycles.